The molecule has 3 fully saturated rings. The monoisotopic (exact) mass is 825 g/mol. The minimum atomic E-state index is -0.951. The van der Waals surface area contributed by atoms with Gasteiger partial charge in [-0.3, -0.25) is 0 Å². The zero-order chi connectivity index (χ0) is 42.3. The van der Waals surface area contributed by atoms with Crippen LogP contribution in [0.4, 0.5) is 0 Å². The van der Waals surface area contributed by atoms with Crippen LogP contribution in [-0.2, 0) is 32.0 Å². The van der Waals surface area contributed by atoms with E-state index in [1.54, 1.807) is 6.07 Å². The van der Waals surface area contributed by atoms with Crippen molar-refractivity contribution in [2.75, 3.05) is 33.9 Å². The number of aliphatic hydroxyl groups is 2. The van der Waals surface area contributed by atoms with Gasteiger partial charge in [0.1, 0.15) is 17.3 Å². The van der Waals surface area contributed by atoms with Crippen LogP contribution < -0.4 is 16.0 Å². The standard InChI is InChI=1S/C51H59N3O7/c1-52-28-32-9-6-10-34(24-32)37-13-12-36(57)27-41(37)45-38-17-20-51(43(61-50(59)48(45)51)25-31(19-22-55)23-30-7-4-3-5-8-30)47-39(38)14-15-40-42(60-49(58)46(40)47)16-11-35(29-56)33-18-21-54-44(26-33)53-2/h3-10,12-13,16,24-25,27,31,33,35,38-39,44,47,52-57H,11,14-15,17-23,26,28-29H2,1-2H3/b42-16?,43-25-/t31-,33-,35-,38-,39+,44+,47-,51-/m1/s1. The molecule has 0 aromatic heterocycles. The number of phenolic OH excluding ortho intramolecular Hbond substituents is 1. The Hall–Kier alpha value is -4.84. The van der Waals surface area contributed by atoms with Crippen molar-refractivity contribution in [3.8, 4) is 16.9 Å². The van der Waals surface area contributed by atoms with Gasteiger partial charge < -0.3 is 40.7 Å². The van der Waals surface area contributed by atoms with Gasteiger partial charge in [0.25, 0.3) is 0 Å². The lowest BCUT2D eigenvalue weighted by atomic mass is 9.44. The molecule has 10 rings (SSSR count). The zero-order valence-electron chi connectivity index (χ0n) is 35.3. The third-order valence-electron chi connectivity index (χ3n) is 14.8. The first kappa shape index (κ1) is 41.5. The fourth-order valence-electron chi connectivity index (χ4n) is 12.1. The van der Waals surface area contributed by atoms with Crippen molar-refractivity contribution >= 4 is 17.5 Å². The maximum atomic E-state index is 14.9. The molecule has 10 heteroatoms. The molecule has 1 spiro atoms. The summed E-state index contributed by atoms with van der Waals surface area (Å²) < 4.78 is 12.8. The van der Waals surface area contributed by atoms with Gasteiger partial charge in [-0.2, -0.15) is 0 Å². The van der Waals surface area contributed by atoms with Crippen molar-refractivity contribution in [1.82, 2.24) is 16.0 Å². The van der Waals surface area contributed by atoms with Gasteiger partial charge in [-0.15, -0.1) is 0 Å². The maximum absolute atomic E-state index is 14.9. The van der Waals surface area contributed by atoms with E-state index in [1.165, 1.54) is 0 Å². The molecular formula is C51H59N3O7. The van der Waals surface area contributed by atoms with Crippen LogP contribution in [0.5, 0.6) is 5.75 Å². The summed E-state index contributed by atoms with van der Waals surface area (Å²) in [4.78, 5) is 29.3. The van der Waals surface area contributed by atoms with Crippen LogP contribution in [0.15, 0.2) is 113 Å². The van der Waals surface area contributed by atoms with E-state index >= 15 is 0 Å². The van der Waals surface area contributed by atoms with Gasteiger partial charge in [-0.1, -0.05) is 54.6 Å². The molecule has 1 saturated carbocycles. The molecule has 3 aliphatic heterocycles. The predicted octanol–water partition coefficient (Wildman–Crippen LogP) is 6.93. The van der Waals surface area contributed by atoms with E-state index in [9.17, 15) is 24.9 Å². The number of ether oxygens (including phenoxy) is 2. The Morgan fingerprint density at radius 3 is 2.54 bits per heavy atom. The average Bonchev–Trinajstić information content (AvgIpc) is 3.76. The number of piperidine rings is 1. The van der Waals surface area contributed by atoms with E-state index in [-0.39, 0.29) is 60.7 Å². The summed E-state index contributed by atoms with van der Waals surface area (Å²) in [5, 5.41) is 42.1. The Bertz CT molecular complexity index is 2300. The Labute approximate surface area is 358 Å². The van der Waals surface area contributed by atoms with Gasteiger partial charge in [-0.25, -0.2) is 9.59 Å². The molecule has 0 amide bonds. The number of aromatic hydroxyl groups is 1. The summed E-state index contributed by atoms with van der Waals surface area (Å²) >= 11 is 0. The molecule has 10 nitrogen and oxygen atoms in total. The summed E-state index contributed by atoms with van der Waals surface area (Å²) in [6.07, 6.45) is 10.8. The van der Waals surface area contributed by atoms with Crippen molar-refractivity contribution in [3.63, 3.8) is 0 Å². The Balaban J connectivity index is 1.19. The number of carbonyl (C=O) groups excluding carboxylic acids is 2. The number of carbonyl (C=O) groups is 2. The minimum Gasteiger partial charge on any atom is -0.508 e. The Morgan fingerprint density at radius 2 is 1.75 bits per heavy atom. The molecular weight excluding hydrogens is 767 g/mol. The number of cyclic esters (lactones) is 2. The normalized spacial score (nSPS) is 29.1. The molecule has 2 saturated heterocycles. The first-order chi connectivity index (χ1) is 29.8. The highest BCUT2D eigenvalue weighted by Crippen LogP contribution is 2.72. The predicted molar refractivity (Wildman–Crippen MR) is 234 cm³/mol. The third-order valence-corrected chi connectivity index (χ3v) is 14.8. The Kier molecular flexibility index (Phi) is 11.9. The van der Waals surface area contributed by atoms with Gasteiger partial charge in [0.05, 0.1) is 17.2 Å². The van der Waals surface area contributed by atoms with Crippen LogP contribution in [-0.4, -0.2) is 67.3 Å². The molecule has 0 radical (unpaired) electrons. The van der Waals surface area contributed by atoms with Crippen molar-refractivity contribution in [2.24, 2.45) is 40.9 Å². The fraction of sp³-hybridized carbons (Fsp3) is 0.451. The molecule has 0 unspecified atom stereocenters. The van der Waals surface area contributed by atoms with Crippen LogP contribution in [0.3, 0.4) is 0 Å². The van der Waals surface area contributed by atoms with Gasteiger partial charge in [0.15, 0.2) is 0 Å². The highest BCUT2D eigenvalue weighted by atomic mass is 16.6. The lowest BCUT2D eigenvalue weighted by Crippen LogP contribution is -2.52. The van der Waals surface area contributed by atoms with E-state index < -0.39 is 11.4 Å². The summed E-state index contributed by atoms with van der Waals surface area (Å²) in [6.45, 7) is 1.61. The van der Waals surface area contributed by atoms with Crippen LogP contribution in [0, 0.1) is 40.9 Å². The summed E-state index contributed by atoms with van der Waals surface area (Å²) in [7, 11) is 3.87. The second-order valence-electron chi connectivity index (χ2n) is 18.0. The SMILES string of the molecule is CNCc1cccc(-c2ccc(O)cc2C2=C3C(=O)O/C(=C\[C@H](CCO)Cc4ccccc4)[C@@]34CC[C@@H]2[C@@H]2CCC3=C(C(=O)OC3=CC[C@H](CO)[C@@H]3CCN[C@H](NC)C3)[C@@H]24)c1. The molecule has 3 aromatic carbocycles. The Morgan fingerprint density at radius 1 is 0.918 bits per heavy atom. The quantitative estimate of drug-likeness (QED) is 0.0946. The van der Waals surface area contributed by atoms with Crippen LogP contribution in [0.25, 0.3) is 16.7 Å². The largest absolute Gasteiger partial charge is 0.508 e. The number of benzene rings is 3. The number of hydrogen-bond donors (Lipinski definition) is 6. The molecule has 4 aliphatic carbocycles. The summed E-state index contributed by atoms with van der Waals surface area (Å²) in [5.41, 5.74) is 7.10. The third kappa shape index (κ3) is 7.50. The number of allylic oxidation sites excluding steroid dienone is 5. The van der Waals surface area contributed by atoms with E-state index in [0.29, 0.717) is 67.2 Å². The van der Waals surface area contributed by atoms with Crippen molar-refractivity contribution in [3.05, 3.63) is 130 Å². The fourth-order valence-corrected chi connectivity index (χ4v) is 12.1. The number of rotatable bonds is 14. The molecule has 3 heterocycles. The molecule has 320 valence electrons. The number of nitrogens with one attached hydrogen (secondary N) is 3. The number of aliphatic hydroxyl groups excluding tert-OH is 2. The highest BCUT2D eigenvalue weighted by Gasteiger charge is 2.68. The van der Waals surface area contributed by atoms with Gasteiger partial charge in [0, 0.05) is 36.8 Å². The van der Waals surface area contributed by atoms with Crippen LogP contribution in [0.1, 0.15) is 68.1 Å². The number of fused-ring (bicyclic) bond motifs is 1. The number of hydrogen-bond acceptors (Lipinski definition) is 10. The van der Waals surface area contributed by atoms with Gasteiger partial charge in [0.2, 0.25) is 0 Å². The zero-order valence-corrected chi connectivity index (χ0v) is 35.3. The van der Waals surface area contributed by atoms with E-state index in [2.05, 4.69) is 52.4 Å². The summed E-state index contributed by atoms with van der Waals surface area (Å²) in [5.74, 6) is 0.317. The van der Waals surface area contributed by atoms with E-state index in [4.69, 9.17) is 9.47 Å². The average molecular weight is 826 g/mol. The highest BCUT2D eigenvalue weighted by molar-refractivity contribution is 6.07. The van der Waals surface area contributed by atoms with E-state index in [1.807, 2.05) is 56.6 Å². The van der Waals surface area contributed by atoms with Crippen LogP contribution in [0.2, 0.25) is 0 Å². The minimum absolute atomic E-state index is 0.00527. The summed E-state index contributed by atoms with van der Waals surface area (Å²) in [6, 6.07) is 24.0. The maximum Gasteiger partial charge on any atom is 0.340 e. The molecule has 3 aromatic rings. The first-order valence-electron chi connectivity index (χ1n) is 22.4. The second-order valence-corrected chi connectivity index (χ2v) is 18.0. The van der Waals surface area contributed by atoms with Gasteiger partial charge in [-0.05, 0) is 172 Å². The van der Waals surface area contributed by atoms with E-state index in [0.717, 1.165) is 71.2 Å². The molecule has 7 aliphatic rings. The molecule has 6 N–H and O–H groups in total. The van der Waals surface area contributed by atoms with Crippen molar-refractivity contribution in [1.29, 1.82) is 0 Å². The number of phenols is 1. The second kappa shape index (κ2) is 17.5. The number of esters is 2. The molecule has 8 atom stereocenters. The molecule has 61 heavy (non-hydrogen) atoms. The molecule has 2 bridgehead atoms. The van der Waals surface area contributed by atoms with Crippen LogP contribution >= 0.6 is 0 Å². The lowest BCUT2D eigenvalue weighted by molar-refractivity contribution is -0.135. The topological polar surface area (TPSA) is 149 Å². The first-order valence-corrected chi connectivity index (χ1v) is 22.4. The van der Waals surface area contributed by atoms with Crippen molar-refractivity contribution < 1.29 is 34.4 Å². The smallest absolute Gasteiger partial charge is 0.340 e. The lowest BCUT2D eigenvalue weighted by Gasteiger charge is -2.56. The van der Waals surface area contributed by atoms with Gasteiger partial charge >= 0.3 is 11.9 Å². The van der Waals surface area contributed by atoms with Crippen molar-refractivity contribution in [2.45, 2.75) is 70.5 Å².